The molecule has 1 rings (SSSR count). The molecule has 1 aromatic heterocycles. The Morgan fingerprint density at radius 1 is 1.50 bits per heavy atom. The van der Waals surface area contributed by atoms with Crippen LogP contribution in [0.1, 0.15) is 0 Å². The third-order valence-electron chi connectivity index (χ3n) is 1.04. The summed E-state index contributed by atoms with van der Waals surface area (Å²) in [6, 6.07) is 2.50. The third kappa shape index (κ3) is 1.60. The van der Waals surface area contributed by atoms with Gasteiger partial charge in [-0.15, -0.1) is 11.3 Å². The zero-order valence-electron chi connectivity index (χ0n) is 5.52. The minimum atomic E-state index is -4.21. The second kappa shape index (κ2) is 3.04. The molecule has 1 heterocycles. The maximum Gasteiger partial charge on any atom is 0.427 e. The second-order valence-electron chi connectivity index (χ2n) is 1.83. The van der Waals surface area contributed by atoms with Crippen molar-refractivity contribution in [3.8, 4) is 0 Å². The molecule has 0 fully saturated rings. The Bertz CT molecular complexity index is 405. The van der Waals surface area contributed by atoms with Crippen LogP contribution in [-0.4, -0.2) is 18.8 Å². The maximum absolute atomic E-state index is 10.9. The highest BCUT2D eigenvalue weighted by atomic mass is 35.5. The van der Waals surface area contributed by atoms with Crippen molar-refractivity contribution in [1.29, 1.82) is 0 Å². The summed E-state index contributed by atoms with van der Waals surface area (Å²) < 4.78 is 21.8. The number of carbonyl (C=O) groups is 1. The number of hydrogen-bond acceptors (Lipinski definition) is 4. The Labute approximate surface area is 77.3 Å². The Balaban J connectivity index is 3.24. The fraction of sp³-hybridized carbons (Fsp3) is 0. The van der Waals surface area contributed by atoms with Gasteiger partial charge in [-0.05, 0) is 12.1 Å². The molecule has 0 aromatic carbocycles. The average Bonchev–Trinajstić information content (AvgIpc) is 2.35. The Hall–Kier alpha value is -0.590. The van der Waals surface area contributed by atoms with Crippen molar-refractivity contribution in [3.05, 3.63) is 16.5 Å². The van der Waals surface area contributed by atoms with Crippen LogP contribution in [0, 0.1) is 0 Å². The molecule has 1 aromatic rings. The topological polar surface area (TPSA) is 71.4 Å². The third-order valence-corrected chi connectivity index (χ3v) is 4.10. The van der Waals surface area contributed by atoms with Crippen LogP contribution < -0.4 is 0 Å². The molecule has 7 heteroatoms. The summed E-state index contributed by atoms with van der Waals surface area (Å²) in [6.45, 7) is 0. The molecule has 0 bridgehead atoms. The zero-order chi connectivity index (χ0) is 9.35. The van der Waals surface area contributed by atoms with Crippen molar-refractivity contribution in [2.75, 3.05) is 0 Å². The number of carboxylic acid groups (broad SMARTS) is 1. The van der Waals surface area contributed by atoms with Crippen LogP contribution in [0.5, 0.6) is 0 Å². The molecule has 0 aliphatic heterocycles. The van der Waals surface area contributed by atoms with E-state index >= 15 is 0 Å². The molecule has 0 amide bonds. The van der Waals surface area contributed by atoms with Crippen LogP contribution in [0.4, 0.5) is 4.79 Å². The van der Waals surface area contributed by atoms with Gasteiger partial charge in [-0.2, -0.15) is 0 Å². The van der Waals surface area contributed by atoms with Crippen molar-refractivity contribution in [3.63, 3.8) is 0 Å². The highest BCUT2D eigenvalue weighted by Gasteiger charge is 2.25. The van der Waals surface area contributed by atoms with Crippen molar-refractivity contribution >= 4 is 38.1 Å². The van der Waals surface area contributed by atoms with E-state index in [4.69, 9.17) is 16.7 Å². The van der Waals surface area contributed by atoms with Crippen LogP contribution in [0.3, 0.4) is 0 Å². The molecule has 66 valence electrons. The first-order valence-corrected chi connectivity index (χ1v) is 5.35. The van der Waals surface area contributed by atoms with Crippen molar-refractivity contribution < 1.29 is 18.3 Å². The molecule has 12 heavy (non-hydrogen) atoms. The van der Waals surface area contributed by atoms with E-state index in [1.807, 2.05) is 0 Å². The van der Waals surface area contributed by atoms with Gasteiger partial charge in [-0.25, -0.2) is 13.2 Å². The summed E-state index contributed by atoms with van der Waals surface area (Å²) in [5.41, 5.74) is 0. The van der Waals surface area contributed by atoms with Gasteiger partial charge in [0.15, 0.2) is 0 Å². The summed E-state index contributed by atoms with van der Waals surface area (Å²) >= 11 is 6.15. The maximum atomic E-state index is 10.9. The fourth-order valence-electron chi connectivity index (χ4n) is 0.528. The van der Waals surface area contributed by atoms with Gasteiger partial charge in [-0.3, -0.25) is 0 Å². The van der Waals surface area contributed by atoms with Gasteiger partial charge in [-0.1, -0.05) is 11.6 Å². The molecule has 1 N–H and O–H groups in total. The summed E-state index contributed by atoms with van der Waals surface area (Å²) in [5, 5.41) is 6.42. The minimum absolute atomic E-state index is 0.245. The Kier molecular flexibility index (Phi) is 2.41. The van der Waals surface area contributed by atoms with E-state index in [0.29, 0.717) is 0 Å². The largest absolute Gasteiger partial charge is 0.469 e. The first-order chi connectivity index (χ1) is 5.44. The first kappa shape index (κ1) is 9.50. The van der Waals surface area contributed by atoms with Crippen LogP contribution >= 0.6 is 22.9 Å². The molecule has 0 saturated carbocycles. The van der Waals surface area contributed by atoms with Gasteiger partial charge in [0.25, 0.3) is 9.84 Å². The molecular weight excluding hydrogens is 224 g/mol. The Morgan fingerprint density at radius 3 is 2.42 bits per heavy atom. The molecule has 0 atom stereocenters. The van der Waals surface area contributed by atoms with Crippen LogP contribution in [0.2, 0.25) is 4.34 Å². The summed E-state index contributed by atoms with van der Waals surface area (Å²) in [4.78, 5) is 10.2. The number of halogens is 1. The van der Waals surface area contributed by atoms with E-state index in [1.165, 1.54) is 6.07 Å². The summed E-state index contributed by atoms with van der Waals surface area (Å²) in [6.07, 6.45) is 0. The predicted octanol–water partition coefficient (Wildman–Crippen LogP) is 1.85. The van der Waals surface area contributed by atoms with Crippen molar-refractivity contribution in [1.82, 2.24) is 0 Å². The van der Waals surface area contributed by atoms with Crippen LogP contribution in [0.25, 0.3) is 0 Å². The number of hydrogen-bond donors (Lipinski definition) is 1. The lowest BCUT2D eigenvalue weighted by atomic mass is 10.7. The lowest BCUT2D eigenvalue weighted by Gasteiger charge is -1.90. The number of rotatable bonds is 1. The minimum Gasteiger partial charge on any atom is -0.469 e. The lowest BCUT2D eigenvalue weighted by Crippen LogP contribution is -2.09. The van der Waals surface area contributed by atoms with Gasteiger partial charge < -0.3 is 5.11 Å². The smallest absolute Gasteiger partial charge is 0.427 e. The molecule has 0 aliphatic rings. The number of sulfone groups is 1. The monoisotopic (exact) mass is 226 g/mol. The summed E-state index contributed by atoms with van der Waals surface area (Å²) in [5.74, 6) is 0. The molecule has 0 unspecified atom stereocenters. The highest BCUT2D eigenvalue weighted by molar-refractivity contribution is 8.07. The van der Waals surface area contributed by atoms with Crippen molar-refractivity contribution in [2.24, 2.45) is 0 Å². The SMILES string of the molecule is O=C(O)S(=O)(=O)c1ccc(Cl)s1. The molecule has 0 spiro atoms. The van der Waals surface area contributed by atoms with Gasteiger partial charge in [0, 0.05) is 0 Å². The summed E-state index contributed by atoms with van der Waals surface area (Å²) in [7, 11) is -4.21. The average molecular weight is 227 g/mol. The van der Waals surface area contributed by atoms with Gasteiger partial charge in [0.1, 0.15) is 4.21 Å². The zero-order valence-corrected chi connectivity index (χ0v) is 7.91. The van der Waals surface area contributed by atoms with E-state index in [0.717, 1.165) is 17.4 Å². The number of thiophene rings is 1. The van der Waals surface area contributed by atoms with E-state index in [2.05, 4.69) is 0 Å². The molecule has 4 nitrogen and oxygen atoms in total. The lowest BCUT2D eigenvalue weighted by molar-refractivity contribution is 0.219. The van der Waals surface area contributed by atoms with E-state index in [9.17, 15) is 13.2 Å². The highest BCUT2D eigenvalue weighted by Crippen LogP contribution is 2.26. The second-order valence-corrected chi connectivity index (χ2v) is 5.60. The fourth-order valence-corrected chi connectivity index (χ4v) is 2.78. The van der Waals surface area contributed by atoms with E-state index in [1.54, 1.807) is 0 Å². The molecule has 0 radical (unpaired) electrons. The predicted molar refractivity (Wildman–Crippen MR) is 44.5 cm³/mol. The first-order valence-electron chi connectivity index (χ1n) is 2.68. The van der Waals surface area contributed by atoms with Crippen LogP contribution in [0.15, 0.2) is 16.3 Å². The molecule has 0 aliphatic carbocycles. The molecular formula is C5H3ClO4S2. The quantitative estimate of drug-likeness (QED) is 0.793. The Morgan fingerprint density at radius 2 is 2.08 bits per heavy atom. The van der Waals surface area contributed by atoms with Gasteiger partial charge in [0.05, 0.1) is 4.34 Å². The van der Waals surface area contributed by atoms with Gasteiger partial charge >= 0.3 is 5.30 Å². The van der Waals surface area contributed by atoms with E-state index in [-0.39, 0.29) is 8.55 Å². The van der Waals surface area contributed by atoms with Crippen molar-refractivity contribution in [2.45, 2.75) is 4.21 Å². The van der Waals surface area contributed by atoms with E-state index < -0.39 is 15.1 Å². The van der Waals surface area contributed by atoms with Gasteiger partial charge in [0.2, 0.25) is 0 Å². The standard InChI is InChI=1S/C5H3ClO4S2/c6-3-1-2-4(11-3)12(9,10)5(7)8/h1-2H,(H,7,8). The normalized spacial score (nSPS) is 11.4. The van der Waals surface area contributed by atoms with Crippen LogP contribution in [-0.2, 0) is 9.84 Å². The molecule has 0 saturated heterocycles.